The number of hydrogen-bond donors (Lipinski definition) is 1. The second-order valence-electron chi connectivity index (χ2n) is 8.08. The fourth-order valence-corrected chi connectivity index (χ4v) is 4.63. The summed E-state index contributed by atoms with van der Waals surface area (Å²) in [6.07, 6.45) is 9.78. The normalized spacial score (nSPS) is 27.7. The molecule has 0 aromatic heterocycles. The molecule has 3 rings (SSSR count). The summed E-state index contributed by atoms with van der Waals surface area (Å²) >= 11 is 0. The second-order valence-corrected chi connectivity index (χ2v) is 8.08. The maximum absolute atomic E-state index is 12.5. The molecule has 2 saturated carbocycles. The van der Waals surface area contributed by atoms with Crippen molar-refractivity contribution in [1.82, 2.24) is 10.2 Å². The van der Waals surface area contributed by atoms with Crippen LogP contribution in [0.1, 0.15) is 71.1 Å². The Morgan fingerprint density at radius 3 is 2.04 bits per heavy atom. The van der Waals surface area contributed by atoms with Crippen LogP contribution in [0.25, 0.3) is 0 Å². The van der Waals surface area contributed by atoms with E-state index in [0.717, 1.165) is 43.4 Å². The lowest BCUT2D eigenvalue weighted by molar-refractivity contribution is -0.159. The number of hydrogen-bond acceptors (Lipinski definition) is 5. The molecule has 1 saturated heterocycles. The van der Waals surface area contributed by atoms with E-state index in [0.29, 0.717) is 12.8 Å². The summed E-state index contributed by atoms with van der Waals surface area (Å²) in [5.74, 6) is -2.14. The van der Waals surface area contributed by atoms with Gasteiger partial charge in [-0.1, -0.05) is 38.5 Å². The van der Waals surface area contributed by atoms with Crippen molar-refractivity contribution in [2.45, 2.75) is 83.2 Å². The zero-order valence-electron chi connectivity index (χ0n) is 16.1. The van der Waals surface area contributed by atoms with Gasteiger partial charge < -0.3 is 10.1 Å². The number of nitrogens with zero attached hydrogens (tertiary/aromatic N) is 1. The van der Waals surface area contributed by atoms with Gasteiger partial charge in [-0.15, -0.1) is 0 Å². The summed E-state index contributed by atoms with van der Waals surface area (Å²) in [4.78, 5) is 50.6. The highest BCUT2D eigenvalue weighted by molar-refractivity contribution is 6.07. The lowest BCUT2D eigenvalue weighted by Crippen LogP contribution is -2.45. The van der Waals surface area contributed by atoms with Gasteiger partial charge in [0.1, 0.15) is 6.04 Å². The number of ether oxygens (including phenoxy) is 1. The van der Waals surface area contributed by atoms with Crippen molar-refractivity contribution in [3.8, 4) is 0 Å². The molecule has 7 nitrogen and oxygen atoms in total. The van der Waals surface area contributed by atoms with Crippen molar-refractivity contribution in [2.75, 3.05) is 6.61 Å². The van der Waals surface area contributed by atoms with E-state index in [1.165, 1.54) is 19.8 Å². The van der Waals surface area contributed by atoms with Crippen LogP contribution in [0.5, 0.6) is 0 Å². The molecule has 0 aromatic rings. The molecule has 0 unspecified atom stereocenters. The fourth-order valence-electron chi connectivity index (χ4n) is 4.63. The highest BCUT2D eigenvalue weighted by Gasteiger charge is 2.51. The smallest absolute Gasteiger partial charge is 0.329 e. The molecule has 0 bridgehead atoms. The second kappa shape index (κ2) is 8.85. The van der Waals surface area contributed by atoms with Crippen LogP contribution in [-0.2, 0) is 23.9 Å². The van der Waals surface area contributed by atoms with Crippen LogP contribution in [-0.4, -0.2) is 47.3 Å². The molecule has 0 radical (unpaired) electrons. The SMILES string of the molecule is C[C@@H](C(=O)OCC(=O)NC1CCCCCC1)N1C(=O)[C@H]2CCCC[C@@H]2C1=O. The van der Waals surface area contributed by atoms with Gasteiger partial charge in [-0.3, -0.25) is 19.3 Å². The van der Waals surface area contributed by atoms with E-state index in [1.54, 1.807) is 0 Å². The van der Waals surface area contributed by atoms with Gasteiger partial charge in [-0.05, 0) is 32.6 Å². The Morgan fingerprint density at radius 1 is 0.963 bits per heavy atom. The molecule has 1 aliphatic heterocycles. The van der Waals surface area contributed by atoms with Gasteiger partial charge in [0.15, 0.2) is 6.61 Å². The molecule has 3 aliphatic rings. The zero-order chi connectivity index (χ0) is 19.4. The van der Waals surface area contributed by atoms with Crippen molar-refractivity contribution < 1.29 is 23.9 Å². The molecule has 150 valence electrons. The Hall–Kier alpha value is -1.92. The van der Waals surface area contributed by atoms with Gasteiger partial charge >= 0.3 is 5.97 Å². The molecule has 0 aromatic carbocycles. The molecular weight excluding hydrogens is 348 g/mol. The first kappa shape index (κ1) is 19.8. The molecular formula is C20H30N2O5. The van der Waals surface area contributed by atoms with Crippen molar-refractivity contribution in [1.29, 1.82) is 0 Å². The maximum atomic E-state index is 12.5. The minimum atomic E-state index is -0.985. The molecule has 1 N–H and O–H groups in total. The van der Waals surface area contributed by atoms with E-state index in [9.17, 15) is 19.2 Å². The van der Waals surface area contributed by atoms with Crippen molar-refractivity contribution in [2.24, 2.45) is 11.8 Å². The number of nitrogens with one attached hydrogen (secondary N) is 1. The largest absolute Gasteiger partial charge is 0.454 e. The predicted octanol–water partition coefficient (Wildman–Crippen LogP) is 1.93. The minimum absolute atomic E-state index is 0.140. The Labute approximate surface area is 160 Å². The van der Waals surface area contributed by atoms with E-state index in [-0.39, 0.29) is 42.2 Å². The highest BCUT2D eigenvalue weighted by atomic mass is 16.5. The van der Waals surface area contributed by atoms with Gasteiger partial charge in [0.25, 0.3) is 5.91 Å². The monoisotopic (exact) mass is 378 g/mol. The number of amides is 3. The Morgan fingerprint density at radius 2 is 1.48 bits per heavy atom. The first-order chi connectivity index (χ1) is 13.0. The number of likely N-dealkylation sites (tertiary alicyclic amines) is 1. The van der Waals surface area contributed by atoms with Crippen LogP contribution in [0.15, 0.2) is 0 Å². The molecule has 3 amide bonds. The number of esters is 1. The lowest BCUT2D eigenvalue weighted by atomic mass is 9.81. The molecule has 0 spiro atoms. The highest BCUT2D eigenvalue weighted by Crippen LogP contribution is 2.38. The molecule has 3 fully saturated rings. The predicted molar refractivity (Wildman–Crippen MR) is 97.4 cm³/mol. The van der Waals surface area contributed by atoms with Crippen LogP contribution in [0, 0.1) is 11.8 Å². The molecule has 7 heteroatoms. The number of rotatable bonds is 5. The summed E-state index contributed by atoms with van der Waals surface area (Å²) in [6, 6.07) is -0.845. The Balaban J connectivity index is 1.49. The van der Waals surface area contributed by atoms with E-state index in [1.807, 2.05) is 0 Å². The lowest BCUT2D eigenvalue weighted by Gasteiger charge is -2.22. The third-order valence-electron chi connectivity index (χ3n) is 6.17. The molecule has 2 aliphatic carbocycles. The van der Waals surface area contributed by atoms with Crippen molar-refractivity contribution >= 4 is 23.7 Å². The van der Waals surface area contributed by atoms with E-state index in [2.05, 4.69) is 5.32 Å². The Bertz CT molecular complexity index is 573. The maximum Gasteiger partial charge on any atom is 0.329 e. The first-order valence-corrected chi connectivity index (χ1v) is 10.3. The molecule has 1 heterocycles. The summed E-state index contributed by atoms with van der Waals surface area (Å²) < 4.78 is 5.10. The van der Waals surface area contributed by atoms with Crippen LogP contribution in [0.3, 0.4) is 0 Å². The topological polar surface area (TPSA) is 92.8 Å². The average molecular weight is 378 g/mol. The number of carbonyl (C=O) groups is 4. The number of imide groups is 1. The average Bonchev–Trinajstić information content (AvgIpc) is 2.84. The fraction of sp³-hybridized carbons (Fsp3) is 0.800. The van der Waals surface area contributed by atoms with Gasteiger partial charge in [-0.25, -0.2) is 4.79 Å². The van der Waals surface area contributed by atoms with Gasteiger partial charge in [-0.2, -0.15) is 0 Å². The summed E-state index contributed by atoms with van der Waals surface area (Å²) in [6.45, 7) is 1.13. The van der Waals surface area contributed by atoms with Crippen LogP contribution >= 0.6 is 0 Å². The first-order valence-electron chi connectivity index (χ1n) is 10.3. The Kier molecular flexibility index (Phi) is 6.50. The van der Waals surface area contributed by atoms with E-state index < -0.39 is 12.0 Å². The third-order valence-corrected chi connectivity index (χ3v) is 6.17. The van der Waals surface area contributed by atoms with Gasteiger partial charge in [0, 0.05) is 6.04 Å². The summed E-state index contributed by atoms with van der Waals surface area (Å²) in [5, 5.41) is 2.92. The zero-order valence-corrected chi connectivity index (χ0v) is 16.1. The number of fused-ring (bicyclic) bond motifs is 1. The van der Waals surface area contributed by atoms with Crippen LogP contribution < -0.4 is 5.32 Å². The molecule has 27 heavy (non-hydrogen) atoms. The van der Waals surface area contributed by atoms with E-state index in [4.69, 9.17) is 4.74 Å². The third kappa shape index (κ3) is 4.50. The number of carbonyl (C=O) groups excluding carboxylic acids is 4. The minimum Gasteiger partial charge on any atom is -0.454 e. The van der Waals surface area contributed by atoms with Crippen molar-refractivity contribution in [3.63, 3.8) is 0 Å². The summed E-state index contributed by atoms with van der Waals surface area (Å²) in [5.41, 5.74) is 0. The van der Waals surface area contributed by atoms with Gasteiger partial charge in [0.05, 0.1) is 11.8 Å². The molecule has 3 atom stereocenters. The van der Waals surface area contributed by atoms with Crippen molar-refractivity contribution in [3.05, 3.63) is 0 Å². The van der Waals surface area contributed by atoms with Gasteiger partial charge in [0.2, 0.25) is 11.8 Å². The summed E-state index contributed by atoms with van der Waals surface area (Å²) in [7, 11) is 0. The van der Waals surface area contributed by atoms with E-state index >= 15 is 0 Å². The quantitative estimate of drug-likeness (QED) is 0.448. The van der Waals surface area contributed by atoms with Crippen LogP contribution in [0.4, 0.5) is 0 Å². The standard InChI is InChI=1S/C20H30N2O5/c1-13(22-18(24)15-10-6-7-11-16(15)19(22)25)20(26)27-12-17(23)21-14-8-4-2-3-5-9-14/h13-16H,2-12H2,1H3,(H,21,23)/t13-,15-,16-/m0/s1. The van der Waals surface area contributed by atoms with Crippen LogP contribution in [0.2, 0.25) is 0 Å².